The smallest absolute Gasteiger partial charge is 0.327 e. The van der Waals surface area contributed by atoms with E-state index in [2.05, 4.69) is 63.5 Å². The van der Waals surface area contributed by atoms with Crippen LogP contribution in [0.2, 0.25) is 0 Å². The number of unbranched alkanes of at least 4 members (excludes halogenated alkanes) is 1. The number of para-hydroxylation sites is 1. The van der Waals surface area contributed by atoms with Gasteiger partial charge in [0.1, 0.15) is 66.2 Å². The van der Waals surface area contributed by atoms with Crippen LogP contribution >= 0.6 is 44.2 Å². The van der Waals surface area contributed by atoms with E-state index in [9.17, 15) is 49.2 Å². The first-order valence-corrected chi connectivity index (χ1v) is 40.1. The van der Waals surface area contributed by atoms with Crippen LogP contribution in [0.3, 0.4) is 0 Å². The molecule has 0 spiro atoms. The summed E-state index contributed by atoms with van der Waals surface area (Å²) in [5, 5.41) is 73.7. The number of aromatic amines is 1. The predicted molar refractivity (Wildman–Crippen MR) is 420 cm³/mol. The second-order valence-electron chi connectivity index (χ2n) is 27.6. The molecule has 3 heterocycles. The highest BCUT2D eigenvalue weighted by atomic mass is 127. The molecule has 0 radical (unpaired) electrons. The maximum atomic E-state index is 15.9. The molecule has 5 aromatic rings. The molecule has 0 unspecified atom stereocenters. The summed E-state index contributed by atoms with van der Waals surface area (Å²) in [7, 11) is 3.18. The van der Waals surface area contributed by atoms with Crippen LogP contribution in [0, 0.1) is 3.57 Å². The van der Waals surface area contributed by atoms with Gasteiger partial charge in [0.15, 0.2) is 0 Å². The zero-order valence-corrected chi connectivity index (χ0v) is 65.2. The van der Waals surface area contributed by atoms with Crippen LogP contribution in [0.15, 0.2) is 103 Å². The van der Waals surface area contributed by atoms with Gasteiger partial charge in [-0.05, 0) is 121 Å². The monoisotopic (exact) mass is 1660 g/mol. The average molecular weight is 1660 g/mol. The minimum Gasteiger partial charge on any atom is -0.507 e. The number of hydrogen-bond acceptors (Lipinski definition) is 20. The minimum atomic E-state index is -1.89. The fourth-order valence-electron chi connectivity index (χ4n) is 12.3. The summed E-state index contributed by atoms with van der Waals surface area (Å²) < 4.78 is 0.354. The number of aromatic nitrogens is 1. The molecule has 12 atom stereocenters. The van der Waals surface area contributed by atoms with Crippen molar-refractivity contribution in [3.05, 3.63) is 135 Å². The maximum Gasteiger partial charge on any atom is 0.327 e. The number of carboxylic acids is 1. The number of nitrogens with two attached hydrogens (primary N) is 2. The number of phenols is 1. The van der Waals surface area contributed by atoms with E-state index in [-0.39, 0.29) is 94.2 Å². The van der Waals surface area contributed by atoms with Crippen molar-refractivity contribution in [3.63, 3.8) is 0 Å². The van der Waals surface area contributed by atoms with E-state index in [1.54, 1.807) is 72.9 Å². The maximum absolute atomic E-state index is 15.9. The molecule has 2 aliphatic rings. The second kappa shape index (κ2) is 44.1. The van der Waals surface area contributed by atoms with Crippen molar-refractivity contribution in [1.29, 1.82) is 0 Å². The molecule has 1 aromatic heterocycles. The first-order valence-electron chi connectivity index (χ1n) is 36.5. The first-order chi connectivity index (χ1) is 52.1. The molecule has 2 fully saturated rings. The third-order valence-corrected chi connectivity index (χ3v) is 22.0. The van der Waals surface area contributed by atoms with Crippen molar-refractivity contribution in [2.45, 2.75) is 196 Å². The lowest BCUT2D eigenvalue weighted by Crippen LogP contribution is -2.63. The van der Waals surface area contributed by atoms with Crippen molar-refractivity contribution in [2.75, 3.05) is 38.2 Å². The van der Waals surface area contributed by atoms with E-state index in [0.717, 1.165) is 32.1 Å². The normalized spacial score (nSPS) is 24.4. The molecular formula is C75H102IN15O16S2. The number of aliphatic hydroxyl groups excluding tert-OH is 2. The molecular weight excluding hydrogens is 1560 g/mol. The Balaban J connectivity index is 1.39. The van der Waals surface area contributed by atoms with Gasteiger partial charge in [-0.25, -0.2) is 4.79 Å². The number of hydrogen-bond donors (Lipinski definition) is 18. The van der Waals surface area contributed by atoms with Crippen LogP contribution in [0.25, 0.3) is 10.9 Å². The molecule has 0 aliphatic carbocycles. The van der Waals surface area contributed by atoms with Crippen LogP contribution in [-0.4, -0.2) is 218 Å². The number of halogens is 1. The van der Waals surface area contributed by atoms with Gasteiger partial charge in [0.2, 0.25) is 65.0 Å². The van der Waals surface area contributed by atoms with Gasteiger partial charge < -0.3 is 100 Å². The number of aromatic hydroxyl groups is 1. The van der Waals surface area contributed by atoms with Crippen molar-refractivity contribution < 1.29 is 78.0 Å². The molecule has 20 N–H and O–H groups in total. The standard InChI is InChI=1S/C75H102IN15O16S2/c1-42(2)80-37-46-24-22-45(23-25-46)35-61-72(103)90-64(43(3)93)73(104)86-57(34-47-26-28-62(94)50(76)32-47)70(101)83-54-20-10-5-6-15-31-79-63(95)29-27-55(68(99)87-58(74(105)91(61)4)36-48-38-81-52-19-12-11-18-49(48)52)84-69(100)56(33-44-16-8-7-9-17-44)85-66(97)53(21-13-14-30-77)82-65(96)51(78)40-108-109-41-60(75(106)107)89-71(102)59(39-92)88-67(54)98/h7-9,11-12,16-19,22-26,28,32,38,42-43,51,53-61,64,80-81,92-94H,5-6,10,13-15,20-21,27,29-31,33-37,39-41,77-78H2,1-4H3,(H,79,95)(H,82,96)(H,83,101)(H,84,100)(H,85,97)(H,86,104)(H,87,99)(H,88,98)(H,89,102)(H,90,103)(H,106,107)/t43-,51+,53+,54-,55+,56+,57+,58-,59+,60+,61+,64-/m1/s1. The lowest BCUT2D eigenvalue weighted by atomic mass is 9.98. The van der Waals surface area contributed by atoms with Gasteiger partial charge in [-0.15, -0.1) is 0 Å². The molecule has 2 saturated heterocycles. The number of carbonyl (C=O) groups is 12. The molecule has 0 saturated carbocycles. The molecule has 34 heteroatoms. The third kappa shape index (κ3) is 27.6. The third-order valence-electron chi connectivity index (χ3n) is 18.6. The number of H-pyrrole nitrogens is 1. The Bertz CT molecular complexity index is 3930. The lowest BCUT2D eigenvalue weighted by Gasteiger charge is -2.33. The zero-order valence-electron chi connectivity index (χ0n) is 61.4. The Morgan fingerprint density at radius 3 is 1.84 bits per heavy atom. The Morgan fingerprint density at radius 2 is 1.18 bits per heavy atom. The largest absolute Gasteiger partial charge is 0.507 e. The molecule has 4 aromatic carbocycles. The van der Waals surface area contributed by atoms with Gasteiger partial charge in [-0.2, -0.15) is 0 Å². The lowest BCUT2D eigenvalue weighted by molar-refractivity contribution is -0.143. The summed E-state index contributed by atoms with van der Waals surface area (Å²) in [6, 6.07) is 9.93. The van der Waals surface area contributed by atoms with Crippen molar-refractivity contribution in [2.24, 2.45) is 11.5 Å². The molecule has 2 aliphatic heterocycles. The summed E-state index contributed by atoms with van der Waals surface area (Å²) >= 11 is 1.87. The fourth-order valence-corrected chi connectivity index (χ4v) is 15.1. The Hall–Kier alpha value is -8.91. The number of benzene rings is 4. The van der Waals surface area contributed by atoms with E-state index in [1.807, 2.05) is 48.6 Å². The van der Waals surface area contributed by atoms with Crippen molar-refractivity contribution >= 4 is 126 Å². The van der Waals surface area contributed by atoms with Crippen molar-refractivity contribution in [1.82, 2.24) is 68.4 Å². The highest BCUT2D eigenvalue weighted by molar-refractivity contribution is 14.1. The van der Waals surface area contributed by atoms with Crippen LogP contribution < -0.4 is 70.0 Å². The number of rotatable bonds is 18. The summed E-state index contributed by atoms with van der Waals surface area (Å²) in [5.74, 6) is -12.3. The van der Waals surface area contributed by atoms with E-state index in [0.29, 0.717) is 75.4 Å². The summed E-state index contributed by atoms with van der Waals surface area (Å²) in [5.41, 5.74) is 15.8. The number of carbonyl (C=O) groups excluding carboxylic acids is 11. The molecule has 11 amide bonds. The summed E-state index contributed by atoms with van der Waals surface area (Å²) in [4.78, 5) is 181. The fraction of sp³-hybridized carbons (Fsp3) is 0.493. The first kappa shape index (κ1) is 87.3. The number of phenolic OH excluding ortho intramolecular Hbond substituents is 1. The van der Waals surface area contributed by atoms with Gasteiger partial charge in [-0.1, -0.05) is 134 Å². The van der Waals surface area contributed by atoms with Gasteiger partial charge in [0.25, 0.3) is 0 Å². The Morgan fingerprint density at radius 1 is 0.606 bits per heavy atom. The molecule has 592 valence electrons. The number of aliphatic carboxylic acids is 1. The van der Waals surface area contributed by atoms with E-state index in [1.165, 1.54) is 32.2 Å². The number of aliphatic hydroxyl groups is 2. The number of nitrogens with zero attached hydrogens (tertiary/aromatic N) is 1. The predicted octanol–water partition coefficient (Wildman–Crippen LogP) is 0.606. The van der Waals surface area contributed by atoms with Gasteiger partial charge in [0.05, 0.1) is 22.3 Å². The highest BCUT2D eigenvalue weighted by Crippen LogP contribution is 2.26. The van der Waals surface area contributed by atoms with Crippen LogP contribution in [-0.2, 0) is 89.8 Å². The Labute approximate surface area is 654 Å². The van der Waals surface area contributed by atoms with E-state index >= 15 is 28.8 Å². The topological polar surface area (TPSA) is 489 Å². The van der Waals surface area contributed by atoms with Gasteiger partial charge in [-0.3, -0.25) is 52.7 Å². The molecule has 31 nitrogen and oxygen atoms in total. The van der Waals surface area contributed by atoms with Crippen LogP contribution in [0.5, 0.6) is 5.75 Å². The quantitative estimate of drug-likeness (QED) is 0.0324. The molecule has 2 bridgehead atoms. The number of likely N-dealkylation sites (N-methyl/N-ethyl adjacent to an activating group) is 1. The van der Waals surface area contributed by atoms with E-state index < -0.39 is 150 Å². The zero-order chi connectivity index (χ0) is 79.3. The van der Waals surface area contributed by atoms with Crippen molar-refractivity contribution in [3.8, 4) is 5.75 Å². The van der Waals surface area contributed by atoms with Crippen LogP contribution in [0.4, 0.5) is 0 Å². The number of nitrogens with one attached hydrogen (secondary N) is 12. The van der Waals surface area contributed by atoms with Gasteiger partial charge in [0, 0.05) is 86.9 Å². The van der Waals surface area contributed by atoms with E-state index in [4.69, 9.17) is 11.5 Å². The minimum absolute atomic E-state index is 0.0115. The average Bonchev–Trinajstić information content (AvgIpc) is 1.78. The SMILES string of the molecule is CC(C)NCc1ccc(C[C@H]2C(=O)N[C@H]([C@@H](C)O)C(=O)N[C@@H](Cc3ccc(O)c(I)c3)C(=O)N[C@@H]3CCCCCCNC(=O)CC[C@H](NC(=O)[C@H](Cc4ccccc4)NC(=O)[C@H](CCCCN)NC(=O)[C@@H](N)CSSC[C@@H](C(=O)O)NC(=O)[C@H](CO)NC3=O)C(=O)N[C@H](Cc3c[nH]c4ccccc34)C(=O)N2C)cc1. The number of fused-ring (bicyclic) bond motifs is 12. The van der Waals surface area contributed by atoms with Crippen LogP contribution in [0.1, 0.15) is 113 Å². The molecule has 7 rings (SSSR count). The Kier molecular flexibility index (Phi) is 35.3. The molecule has 109 heavy (non-hydrogen) atoms. The number of amides is 11. The van der Waals surface area contributed by atoms with Gasteiger partial charge >= 0.3 is 5.97 Å². The second-order valence-corrected chi connectivity index (χ2v) is 31.3. The highest BCUT2D eigenvalue weighted by Gasteiger charge is 2.40. The summed E-state index contributed by atoms with van der Waals surface area (Å²) in [6.45, 7) is 4.92. The summed E-state index contributed by atoms with van der Waals surface area (Å²) in [6.07, 6.45) is 0.107. The number of carboxylic acid groups (broad SMARTS) is 1.